The molecule has 1 saturated heterocycles. The Labute approximate surface area is 117 Å². The molecule has 0 spiro atoms. The zero-order chi connectivity index (χ0) is 15.0. The number of nitrogen functional groups attached to an aromatic ring is 1. The topological polar surface area (TPSA) is 168 Å². The number of hydrogen-bond donors (Lipinski definition) is 3. The highest BCUT2D eigenvalue weighted by Crippen LogP contribution is 2.32. The fourth-order valence-electron chi connectivity index (χ4n) is 2.39. The maximum absolute atomic E-state index is 11.7. The van der Waals surface area contributed by atoms with E-state index in [1.807, 2.05) is 0 Å². The third kappa shape index (κ3) is 2.18. The van der Waals surface area contributed by atoms with E-state index < -0.39 is 23.9 Å². The molecule has 3 heterocycles. The van der Waals surface area contributed by atoms with Crippen molar-refractivity contribution in [2.24, 2.45) is 5.11 Å². The number of aliphatic hydroxyl groups excluding tert-OH is 1. The molecule has 0 radical (unpaired) electrons. The second kappa shape index (κ2) is 5.05. The minimum atomic E-state index is -0.609. The van der Waals surface area contributed by atoms with Crippen molar-refractivity contribution >= 4 is 17.1 Å². The monoisotopic (exact) mass is 292 g/mol. The van der Waals surface area contributed by atoms with Crippen molar-refractivity contribution in [1.29, 1.82) is 0 Å². The van der Waals surface area contributed by atoms with Gasteiger partial charge in [-0.05, 0) is 5.53 Å². The average molecular weight is 292 g/mol. The molecular weight excluding hydrogens is 280 g/mol. The lowest BCUT2D eigenvalue weighted by Crippen LogP contribution is -2.23. The van der Waals surface area contributed by atoms with E-state index in [2.05, 4.69) is 25.0 Å². The Kier molecular flexibility index (Phi) is 3.22. The van der Waals surface area contributed by atoms with Crippen molar-refractivity contribution < 1.29 is 9.84 Å². The maximum atomic E-state index is 11.7. The number of anilines is 1. The number of H-pyrrole nitrogens is 1. The number of azide groups is 1. The number of aromatic nitrogens is 4. The zero-order valence-corrected chi connectivity index (χ0v) is 10.7. The van der Waals surface area contributed by atoms with E-state index in [1.54, 1.807) is 0 Å². The summed E-state index contributed by atoms with van der Waals surface area (Å²) in [5.41, 5.74) is 14.0. The standard InChI is InChI=1S/C10H12N8O3/c11-10-14-8-7(9(20)15-10)13-3-18(8)6-1-4(16-17-12)5(2-19)21-6/h3-6,19H,1-2H2,(H3,11,14,15,20)/t4-,5+,6-/m0/s1. The molecule has 1 aliphatic rings. The van der Waals surface area contributed by atoms with Crippen LogP contribution in [-0.4, -0.2) is 43.4 Å². The Bertz CT molecular complexity index is 776. The van der Waals surface area contributed by atoms with E-state index in [4.69, 9.17) is 16.0 Å². The summed E-state index contributed by atoms with van der Waals surface area (Å²) in [4.78, 5) is 24.8. The second-order valence-corrected chi connectivity index (χ2v) is 4.59. The smallest absolute Gasteiger partial charge is 0.280 e. The molecule has 0 amide bonds. The lowest BCUT2D eigenvalue weighted by atomic mass is 10.1. The summed E-state index contributed by atoms with van der Waals surface area (Å²) < 4.78 is 7.16. The summed E-state index contributed by atoms with van der Waals surface area (Å²) in [6, 6.07) is -0.498. The Morgan fingerprint density at radius 3 is 3.24 bits per heavy atom. The van der Waals surface area contributed by atoms with Crippen molar-refractivity contribution in [3.63, 3.8) is 0 Å². The lowest BCUT2D eigenvalue weighted by Gasteiger charge is -2.13. The van der Waals surface area contributed by atoms with Crippen molar-refractivity contribution in [3.05, 3.63) is 27.1 Å². The molecule has 4 N–H and O–H groups in total. The summed E-state index contributed by atoms with van der Waals surface area (Å²) in [6.45, 7) is -0.275. The number of aromatic amines is 1. The van der Waals surface area contributed by atoms with Crippen LogP contribution in [-0.2, 0) is 4.74 Å². The van der Waals surface area contributed by atoms with Crippen LogP contribution in [0.4, 0.5) is 5.95 Å². The first-order valence-electron chi connectivity index (χ1n) is 6.17. The predicted molar refractivity (Wildman–Crippen MR) is 71.1 cm³/mol. The largest absolute Gasteiger partial charge is 0.394 e. The van der Waals surface area contributed by atoms with Gasteiger partial charge < -0.3 is 15.6 Å². The number of fused-ring (bicyclic) bond motifs is 1. The molecule has 11 nitrogen and oxygen atoms in total. The molecule has 3 atom stereocenters. The fraction of sp³-hybridized carbons (Fsp3) is 0.500. The molecule has 0 aliphatic carbocycles. The lowest BCUT2D eigenvalue weighted by molar-refractivity contribution is -0.0232. The fourth-order valence-corrected chi connectivity index (χ4v) is 2.39. The van der Waals surface area contributed by atoms with Crippen LogP contribution in [0.15, 0.2) is 16.2 Å². The van der Waals surface area contributed by atoms with Crippen molar-refractivity contribution in [2.45, 2.75) is 24.8 Å². The third-order valence-corrected chi connectivity index (χ3v) is 3.34. The molecule has 11 heteroatoms. The average Bonchev–Trinajstić information content (AvgIpc) is 3.02. The van der Waals surface area contributed by atoms with Crippen molar-refractivity contribution in [3.8, 4) is 0 Å². The second-order valence-electron chi connectivity index (χ2n) is 4.59. The Morgan fingerprint density at radius 1 is 1.71 bits per heavy atom. The summed E-state index contributed by atoms with van der Waals surface area (Å²) in [7, 11) is 0. The minimum Gasteiger partial charge on any atom is -0.394 e. The van der Waals surface area contributed by atoms with E-state index in [9.17, 15) is 9.90 Å². The molecule has 21 heavy (non-hydrogen) atoms. The molecule has 110 valence electrons. The van der Waals surface area contributed by atoms with Gasteiger partial charge in [0.25, 0.3) is 5.56 Å². The molecule has 2 aromatic heterocycles. The Balaban J connectivity index is 2.02. The summed E-state index contributed by atoms with van der Waals surface area (Å²) in [5.74, 6) is -0.0300. The number of nitrogens with zero attached hydrogens (tertiary/aromatic N) is 6. The number of ether oxygens (including phenoxy) is 1. The number of imidazole rings is 1. The highest BCUT2D eigenvalue weighted by molar-refractivity contribution is 5.70. The van der Waals surface area contributed by atoms with Gasteiger partial charge in [-0.1, -0.05) is 5.11 Å². The van der Waals surface area contributed by atoms with Gasteiger partial charge in [-0.3, -0.25) is 14.3 Å². The van der Waals surface area contributed by atoms with Crippen LogP contribution in [0.5, 0.6) is 0 Å². The quantitative estimate of drug-likeness (QED) is 0.397. The molecule has 0 saturated carbocycles. The van der Waals surface area contributed by atoms with Crippen LogP contribution in [0.1, 0.15) is 12.6 Å². The molecule has 1 fully saturated rings. The third-order valence-electron chi connectivity index (χ3n) is 3.34. The molecule has 0 unspecified atom stereocenters. The molecule has 1 aliphatic heterocycles. The maximum Gasteiger partial charge on any atom is 0.280 e. The first-order valence-corrected chi connectivity index (χ1v) is 6.17. The van der Waals surface area contributed by atoms with Gasteiger partial charge in [0.1, 0.15) is 6.23 Å². The van der Waals surface area contributed by atoms with Crippen LogP contribution in [0.3, 0.4) is 0 Å². The predicted octanol–water partition coefficient (Wildman–Crippen LogP) is -0.340. The van der Waals surface area contributed by atoms with Gasteiger partial charge in [0.15, 0.2) is 11.2 Å². The van der Waals surface area contributed by atoms with Gasteiger partial charge in [0, 0.05) is 11.3 Å². The highest BCUT2D eigenvalue weighted by atomic mass is 16.5. The van der Waals surface area contributed by atoms with Gasteiger partial charge in [0.05, 0.1) is 25.1 Å². The number of rotatable bonds is 3. The van der Waals surface area contributed by atoms with Gasteiger partial charge in [-0.2, -0.15) is 4.98 Å². The Morgan fingerprint density at radius 2 is 2.52 bits per heavy atom. The molecule has 0 bridgehead atoms. The molecule has 0 aromatic carbocycles. The van der Waals surface area contributed by atoms with Crippen LogP contribution < -0.4 is 11.3 Å². The molecule has 3 rings (SSSR count). The number of nitrogens with one attached hydrogen (secondary N) is 1. The van der Waals surface area contributed by atoms with E-state index in [0.717, 1.165) is 0 Å². The normalized spacial score (nSPS) is 25.1. The van der Waals surface area contributed by atoms with Crippen molar-refractivity contribution in [1.82, 2.24) is 19.5 Å². The zero-order valence-electron chi connectivity index (χ0n) is 10.7. The van der Waals surface area contributed by atoms with E-state index in [0.29, 0.717) is 6.42 Å². The van der Waals surface area contributed by atoms with Gasteiger partial charge in [-0.25, -0.2) is 4.98 Å². The minimum absolute atomic E-state index is 0.0300. The summed E-state index contributed by atoms with van der Waals surface area (Å²) in [5, 5.41) is 12.9. The number of nitrogens with two attached hydrogens (primary N) is 1. The van der Waals surface area contributed by atoms with E-state index in [1.165, 1.54) is 10.9 Å². The van der Waals surface area contributed by atoms with Crippen molar-refractivity contribution in [2.75, 3.05) is 12.3 Å². The first kappa shape index (κ1) is 13.4. The molecule has 2 aromatic rings. The first-order chi connectivity index (χ1) is 10.1. The van der Waals surface area contributed by atoms with Crippen LogP contribution >= 0.6 is 0 Å². The Hall–Kier alpha value is -2.62. The SMILES string of the molecule is [N-]=[N+]=N[C@H]1C[C@@H](n2cnc3c(=O)[nH]c(N)nc32)O[C@@H]1CO. The van der Waals surface area contributed by atoms with E-state index >= 15 is 0 Å². The van der Waals surface area contributed by atoms with Crippen LogP contribution in [0, 0.1) is 0 Å². The molecular formula is C10H12N8O3. The number of hydrogen-bond acceptors (Lipinski definition) is 7. The van der Waals surface area contributed by atoms with E-state index in [-0.39, 0.29) is 23.7 Å². The van der Waals surface area contributed by atoms with Crippen LogP contribution in [0.25, 0.3) is 21.6 Å². The van der Waals surface area contributed by atoms with Gasteiger partial charge >= 0.3 is 0 Å². The van der Waals surface area contributed by atoms with Gasteiger partial charge in [-0.15, -0.1) is 0 Å². The van der Waals surface area contributed by atoms with Crippen LogP contribution in [0.2, 0.25) is 0 Å². The number of aliphatic hydroxyl groups is 1. The van der Waals surface area contributed by atoms with Gasteiger partial charge in [0.2, 0.25) is 5.95 Å². The summed E-state index contributed by atoms with van der Waals surface area (Å²) >= 11 is 0. The highest BCUT2D eigenvalue weighted by Gasteiger charge is 2.36. The summed E-state index contributed by atoms with van der Waals surface area (Å²) in [6.07, 6.45) is 0.595.